The van der Waals surface area contributed by atoms with Crippen molar-refractivity contribution in [1.29, 1.82) is 0 Å². The van der Waals surface area contributed by atoms with Crippen molar-refractivity contribution in [2.24, 2.45) is 0 Å². The van der Waals surface area contributed by atoms with Crippen molar-refractivity contribution in [3.8, 4) is 0 Å². The Balaban J connectivity index is 1.62. The van der Waals surface area contributed by atoms with Crippen LogP contribution in [0.2, 0.25) is 0 Å². The summed E-state index contributed by atoms with van der Waals surface area (Å²) in [4.78, 5) is 28.2. The van der Waals surface area contributed by atoms with Gasteiger partial charge in [0.2, 0.25) is 0 Å². The minimum Gasteiger partial charge on any atom is -0.472 e. The van der Waals surface area contributed by atoms with Crippen LogP contribution in [0.1, 0.15) is 26.3 Å². The molecular weight excluding hydrogens is 280 g/mol. The molecular formula is C17H18N2O3. The Hall–Kier alpha value is -2.56. The fraction of sp³-hybridized carbons (Fsp3) is 0.294. The highest BCUT2D eigenvalue weighted by Gasteiger charge is 2.25. The zero-order valence-electron chi connectivity index (χ0n) is 12.5. The van der Waals surface area contributed by atoms with Gasteiger partial charge in [0.05, 0.1) is 11.8 Å². The molecule has 1 fully saturated rings. The van der Waals surface area contributed by atoms with E-state index in [1.165, 1.54) is 12.5 Å². The highest BCUT2D eigenvalue weighted by atomic mass is 16.3. The Kier molecular flexibility index (Phi) is 3.96. The van der Waals surface area contributed by atoms with Gasteiger partial charge in [-0.3, -0.25) is 9.59 Å². The lowest BCUT2D eigenvalue weighted by Gasteiger charge is -2.34. The third kappa shape index (κ3) is 2.88. The summed E-state index contributed by atoms with van der Waals surface area (Å²) in [5, 5.41) is 0. The molecule has 0 atom stereocenters. The number of amides is 2. The summed E-state index contributed by atoms with van der Waals surface area (Å²) in [6.07, 6.45) is 2.94. The van der Waals surface area contributed by atoms with Crippen LogP contribution in [0.25, 0.3) is 0 Å². The molecule has 0 aliphatic carbocycles. The number of nitrogens with zero attached hydrogens (tertiary/aromatic N) is 2. The molecule has 2 amide bonds. The summed E-state index contributed by atoms with van der Waals surface area (Å²) in [5.74, 6) is -0.0180. The largest absolute Gasteiger partial charge is 0.472 e. The molecule has 1 saturated heterocycles. The lowest BCUT2D eigenvalue weighted by Crippen LogP contribution is -2.50. The molecule has 0 unspecified atom stereocenters. The van der Waals surface area contributed by atoms with Crippen molar-refractivity contribution in [1.82, 2.24) is 9.80 Å². The van der Waals surface area contributed by atoms with Gasteiger partial charge in [0.15, 0.2) is 0 Å². The minimum absolute atomic E-state index is 0.0270. The maximum atomic E-state index is 12.5. The van der Waals surface area contributed by atoms with E-state index in [1.54, 1.807) is 15.9 Å². The standard InChI is InChI=1S/C17H18N2O3/c1-13-3-2-4-14(11-13)16(20)18-6-8-19(9-7-18)17(21)15-5-10-22-12-15/h2-5,10-12H,6-9H2,1H3. The number of rotatable bonds is 2. The molecule has 1 aromatic heterocycles. The fourth-order valence-electron chi connectivity index (χ4n) is 2.64. The van der Waals surface area contributed by atoms with Crippen molar-refractivity contribution in [3.05, 3.63) is 59.5 Å². The first-order valence-electron chi connectivity index (χ1n) is 7.32. The molecule has 3 rings (SSSR count). The zero-order valence-corrected chi connectivity index (χ0v) is 12.5. The maximum Gasteiger partial charge on any atom is 0.257 e. The number of hydrogen-bond acceptors (Lipinski definition) is 3. The zero-order chi connectivity index (χ0) is 15.5. The lowest BCUT2D eigenvalue weighted by molar-refractivity contribution is 0.0535. The molecule has 1 aliphatic heterocycles. The van der Waals surface area contributed by atoms with Gasteiger partial charge in [0.25, 0.3) is 11.8 Å². The molecule has 1 aromatic carbocycles. The number of furan rings is 1. The van der Waals surface area contributed by atoms with Crippen LogP contribution in [-0.2, 0) is 0 Å². The van der Waals surface area contributed by atoms with Gasteiger partial charge >= 0.3 is 0 Å². The highest BCUT2D eigenvalue weighted by Crippen LogP contribution is 2.13. The molecule has 114 valence electrons. The molecule has 0 bridgehead atoms. The molecule has 1 aliphatic rings. The van der Waals surface area contributed by atoms with E-state index >= 15 is 0 Å². The second-order valence-corrected chi connectivity index (χ2v) is 5.47. The van der Waals surface area contributed by atoms with Gasteiger partial charge < -0.3 is 14.2 Å². The van der Waals surface area contributed by atoms with Gasteiger partial charge in [-0.25, -0.2) is 0 Å². The van der Waals surface area contributed by atoms with E-state index in [4.69, 9.17) is 4.42 Å². The summed E-state index contributed by atoms with van der Waals surface area (Å²) in [6, 6.07) is 9.25. The number of carbonyl (C=O) groups is 2. The van der Waals surface area contributed by atoms with Gasteiger partial charge in [-0.05, 0) is 25.1 Å². The van der Waals surface area contributed by atoms with Crippen LogP contribution in [0.3, 0.4) is 0 Å². The average molecular weight is 298 g/mol. The topological polar surface area (TPSA) is 53.8 Å². The third-order valence-corrected chi connectivity index (χ3v) is 3.89. The van der Waals surface area contributed by atoms with Crippen molar-refractivity contribution in [2.45, 2.75) is 6.92 Å². The molecule has 5 nitrogen and oxygen atoms in total. The number of piperazine rings is 1. The Morgan fingerprint density at radius 1 is 0.955 bits per heavy atom. The second kappa shape index (κ2) is 6.05. The van der Waals surface area contributed by atoms with E-state index < -0.39 is 0 Å². The fourth-order valence-corrected chi connectivity index (χ4v) is 2.64. The Bertz CT molecular complexity index is 671. The Morgan fingerprint density at radius 3 is 2.14 bits per heavy atom. The van der Waals surface area contributed by atoms with Crippen molar-refractivity contribution >= 4 is 11.8 Å². The molecule has 2 heterocycles. The van der Waals surface area contributed by atoms with Crippen LogP contribution in [0.15, 0.2) is 47.3 Å². The predicted molar refractivity (Wildman–Crippen MR) is 81.7 cm³/mol. The van der Waals surface area contributed by atoms with Crippen molar-refractivity contribution < 1.29 is 14.0 Å². The first-order valence-corrected chi connectivity index (χ1v) is 7.32. The van der Waals surface area contributed by atoms with E-state index in [1.807, 2.05) is 31.2 Å². The van der Waals surface area contributed by atoms with Gasteiger partial charge in [0, 0.05) is 31.7 Å². The van der Waals surface area contributed by atoms with Crippen LogP contribution < -0.4 is 0 Å². The second-order valence-electron chi connectivity index (χ2n) is 5.47. The lowest BCUT2D eigenvalue weighted by atomic mass is 10.1. The molecule has 0 saturated carbocycles. The van der Waals surface area contributed by atoms with Crippen LogP contribution in [0, 0.1) is 6.92 Å². The summed E-state index contributed by atoms with van der Waals surface area (Å²) in [7, 11) is 0. The molecule has 0 radical (unpaired) electrons. The SMILES string of the molecule is Cc1cccc(C(=O)N2CCN(C(=O)c3ccoc3)CC2)c1. The number of benzene rings is 1. The summed E-state index contributed by atoms with van der Waals surface area (Å²) in [5.41, 5.74) is 2.33. The van der Waals surface area contributed by atoms with Crippen molar-refractivity contribution in [3.63, 3.8) is 0 Å². The molecule has 22 heavy (non-hydrogen) atoms. The normalized spacial score (nSPS) is 15.0. The minimum atomic E-state index is -0.0450. The summed E-state index contributed by atoms with van der Waals surface area (Å²) < 4.78 is 4.94. The summed E-state index contributed by atoms with van der Waals surface area (Å²) >= 11 is 0. The van der Waals surface area contributed by atoms with E-state index in [9.17, 15) is 9.59 Å². The van der Waals surface area contributed by atoms with E-state index in [2.05, 4.69) is 0 Å². The Morgan fingerprint density at radius 2 is 1.59 bits per heavy atom. The van der Waals surface area contributed by atoms with Gasteiger partial charge in [0.1, 0.15) is 6.26 Å². The van der Waals surface area contributed by atoms with Crippen LogP contribution >= 0.6 is 0 Å². The van der Waals surface area contributed by atoms with E-state index in [-0.39, 0.29) is 11.8 Å². The third-order valence-electron chi connectivity index (χ3n) is 3.89. The van der Waals surface area contributed by atoms with Gasteiger partial charge in [-0.1, -0.05) is 17.7 Å². The Labute approximate surface area is 129 Å². The van der Waals surface area contributed by atoms with Crippen LogP contribution in [-0.4, -0.2) is 47.8 Å². The average Bonchev–Trinajstić information content (AvgIpc) is 3.08. The number of carbonyl (C=O) groups excluding carboxylic acids is 2. The van der Waals surface area contributed by atoms with Gasteiger partial charge in [-0.15, -0.1) is 0 Å². The monoisotopic (exact) mass is 298 g/mol. The van der Waals surface area contributed by atoms with Crippen LogP contribution in [0.4, 0.5) is 0 Å². The molecule has 0 N–H and O–H groups in total. The smallest absolute Gasteiger partial charge is 0.257 e. The van der Waals surface area contributed by atoms with Gasteiger partial charge in [-0.2, -0.15) is 0 Å². The summed E-state index contributed by atoms with van der Waals surface area (Å²) in [6.45, 7) is 4.16. The quantitative estimate of drug-likeness (QED) is 0.854. The maximum absolute atomic E-state index is 12.5. The molecule has 0 spiro atoms. The van der Waals surface area contributed by atoms with Crippen molar-refractivity contribution in [2.75, 3.05) is 26.2 Å². The number of aryl methyl sites for hydroxylation is 1. The van der Waals surface area contributed by atoms with E-state index in [0.717, 1.165) is 5.56 Å². The number of hydrogen-bond donors (Lipinski definition) is 0. The first-order chi connectivity index (χ1) is 10.6. The predicted octanol–water partition coefficient (Wildman–Crippen LogP) is 2.19. The molecule has 2 aromatic rings. The highest BCUT2D eigenvalue weighted by molar-refractivity contribution is 5.95. The van der Waals surface area contributed by atoms with E-state index in [0.29, 0.717) is 37.3 Å². The molecule has 5 heteroatoms. The van der Waals surface area contributed by atoms with Crippen LogP contribution in [0.5, 0.6) is 0 Å². The first kappa shape index (κ1) is 14.4.